The van der Waals surface area contributed by atoms with Gasteiger partial charge in [-0.25, -0.2) is 0 Å². The van der Waals surface area contributed by atoms with Gasteiger partial charge < -0.3 is 10.5 Å². The monoisotopic (exact) mass is 245 g/mol. The number of halogens is 1. The van der Waals surface area contributed by atoms with Crippen LogP contribution in [-0.2, 0) is 0 Å². The molecule has 0 aromatic heterocycles. The van der Waals surface area contributed by atoms with E-state index in [1.54, 1.807) is 0 Å². The highest BCUT2D eigenvalue weighted by molar-refractivity contribution is 8.93. The van der Waals surface area contributed by atoms with E-state index in [9.17, 15) is 0 Å². The Labute approximate surface area is 89.9 Å². The van der Waals surface area contributed by atoms with Gasteiger partial charge in [-0.15, -0.1) is 17.0 Å². The van der Waals surface area contributed by atoms with E-state index in [0.717, 1.165) is 12.2 Å². The standard InChI is InChI=1S/C10H15NO.BrH/c1-9-3-5-10(6-4-9)12-8-2-7-11;/h3-6H,2,7-8,11H2,1H3;1H. The van der Waals surface area contributed by atoms with Crippen molar-refractivity contribution in [3.05, 3.63) is 29.8 Å². The van der Waals surface area contributed by atoms with Gasteiger partial charge in [-0.1, -0.05) is 17.7 Å². The summed E-state index contributed by atoms with van der Waals surface area (Å²) in [6.45, 7) is 3.45. The highest BCUT2D eigenvalue weighted by Crippen LogP contribution is 2.11. The molecule has 0 fully saturated rings. The summed E-state index contributed by atoms with van der Waals surface area (Å²) in [6, 6.07) is 8.03. The summed E-state index contributed by atoms with van der Waals surface area (Å²) in [5, 5.41) is 0. The van der Waals surface area contributed by atoms with Crippen LogP contribution >= 0.6 is 17.0 Å². The SMILES string of the molecule is Br.Cc1ccc(OCCCN)cc1. The molecule has 1 aromatic carbocycles. The molecule has 2 nitrogen and oxygen atoms in total. The lowest BCUT2D eigenvalue weighted by Gasteiger charge is -2.04. The van der Waals surface area contributed by atoms with Gasteiger partial charge in [0.2, 0.25) is 0 Å². The van der Waals surface area contributed by atoms with Crippen molar-refractivity contribution in [3.63, 3.8) is 0 Å². The molecule has 0 saturated heterocycles. The van der Waals surface area contributed by atoms with Crippen molar-refractivity contribution in [2.75, 3.05) is 13.2 Å². The maximum Gasteiger partial charge on any atom is 0.119 e. The van der Waals surface area contributed by atoms with E-state index in [4.69, 9.17) is 10.5 Å². The quantitative estimate of drug-likeness (QED) is 0.827. The first kappa shape index (κ1) is 12.5. The summed E-state index contributed by atoms with van der Waals surface area (Å²) >= 11 is 0. The van der Waals surface area contributed by atoms with Crippen LogP contribution in [0.5, 0.6) is 5.75 Å². The molecule has 1 aromatic rings. The van der Waals surface area contributed by atoms with Crippen LogP contribution in [-0.4, -0.2) is 13.2 Å². The molecular weight excluding hydrogens is 230 g/mol. The van der Waals surface area contributed by atoms with Gasteiger partial charge in [0, 0.05) is 0 Å². The van der Waals surface area contributed by atoms with Crippen molar-refractivity contribution in [3.8, 4) is 5.75 Å². The zero-order valence-electron chi connectivity index (χ0n) is 7.82. The number of benzene rings is 1. The van der Waals surface area contributed by atoms with Gasteiger partial charge in [0.1, 0.15) is 5.75 Å². The molecule has 0 spiro atoms. The van der Waals surface area contributed by atoms with E-state index in [2.05, 4.69) is 6.92 Å². The Hall–Kier alpha value is -0.540. The average Bonchev–Trinajstić information content (AvgIpc) is 2.09. The number of hydrogen-bond acceptors (Lipinski definition) is 2. The molecule has 0 atom stereocenters. The summed E-state index contributed by atoms with van der Waals surface area (Å²) in [7, 11) is 0. The molecule has 0 saturated carbocycles. The fraction of sp³-hybridized carbons (Fsp3) is 0.400. The second-order valence-electron chi connectivity index (χ2n) is 2.80. The molecule has 0 amide bonds. The molecule has 0 unspecified atom stereocenters. The second-order valence-corrected chi connectivity index (χ2v) is 2.80. The lowest BCUT2D eigenvalue weighted by molar-refractivity contribution is 0.313. The van der Waals surface area contributed by atoms with Gasteiger partial charge in [0.15, 0.2) is 0 Å². The first-order valence-electron chi connectivity index (χ1n) is 4.22. The Morgan fingerprint density at radius 1 is 1.23 bits per heavy atom. The summed E-state index contributed by atoms with van der Waals surface area (Å²) < 4.78 is 5.42. The van der Waals surface area contributed by atoms with Crippen LogP contribution in [0.25, 0.3) is 0 Å². The highest BCUT2D eigenvalue weighted by atomic mass is 79.9. The first-order chi connectivity index (χ1) is 5.83. The number of ether oxygens (including phenoxy) is 1. The first-order valence-corrected chi connectivity index (χ1v) is 4.22. The van der Waals surface area contributed by atoms with Crippen LogP contribution in [0.4, 0.5) is 0 Å². The number of aryl methyl sites for hydroxylation is 1. The van der Waals surface area contributed by atoms with E-state index in [-0.39, 0.29) is 17.0 Å². The van der Waals surface area contributed by atoms with Gasteiger partial charge in [-0.3, -0.25) is 0 Å². The van der Waals surface area contributed by atoms with Crippen LogP contribution < -0.4 is 10.5 Å². The Bertz CT molecular complexity index is 223. The topological polar surface area (TPSA) is 35.2 Å². The van der Waals surface area contributed by atoms with Gasteiger partial charge in [-0.05, 0) is 32.0 Å². The lowest BCUT2D eigenvalue weighted by Crippen LogP contribution is -2.05. The summed E-state index contributed by atoms with van der Waals surface area (Å²) in [5.74, 6) is 0.925. The van der Waals surface area contributed by atoms with E-state index in [0.29, 0.717) is 13.2 Å². The predicted molar refractivity (Wildman–Crippen MR) is 60.7 cm³/mol. The number of rotatable bonds is 4. The minimum absolute atomic E-state index is 0. The Kier molecular flexibility index (Phi) is 6.63. The molecule has 0 aliphatic carbocycles. The molecule has 0 bridgehead atoms. The Balaban J connectivity index is 0.00000144. The minimum Gasteiger partial charge on any atom is -0.494 e. The Morgan fingerprint density at radius 3 is 2.38 bits per heavy atom. The summed E-state index contributed by atoms with van der Waals surface area (Å²) in [4.78, 5) is 0. The highest BCUT2D eigenvalue weighted by Gasteiger charge is 1.91. The number of hydrogen-bond donors (Lipinski definition) is 1. The zero-order valence-corrected chi connectivity index (χ0v) is 9.54. The normalized spacial score (nSPS) is 9.08. The molecule has 74 valence electrons. The van der Waals surface area contributed by atoms with Crippen molar-refractivity contribution < 1.29 is 4.74 Å². The lowest BCUT2D eigenvalue weighted by atomic mass is 10.2. The fourth-order valence-corrected chi connectivity index (χ4v) is 0.908. The molecule has 2 N–H and O–H groups in total. The van der Waals surface area contributed by atoms with Gasteiger partial charge in [0.25, 0.3) is 0 Å². The van der Waals surface area contributed by atoms with Crippen molar-refractivity contribution in [1.82, 2.24) is 0 Å². The molecule has 13 heavy (non-hydrogen) atoms. The average molecular weight is 246 g/mol. The minimum atomic E-state index is 0. The predicted octanol–water partition coefficient (Wildman–Crippen LogP) is 2.30. The van der Waals surface area contributed by atoms with Crippen LogP contribution in [0.3, 0.4) is 0 Å². The maximum atomic E-state index is 5.42. The number of nitrogens with two attached hydrogens (primary N) is 1. The van der Waals surface area contributed by atoms with Crippen LogP contribution in [0.2, 0.25) is 0 Å². The van der Waals surface area contributed by atoms with E-state index < -0.39 is 0 Å². The van der Waals surface area contributed by atoms with Gasteiger partial charge >= 0.3 is 0 Å². The third kappa shape index (κ3) is 4.90. The third-order valence-electron chi connectivity index (χ3n) is 1.64. The molecular formula is C10H16BrNO. The maximum absolute atomic E-state index is 5.42. The van der Waals surface area contributed by atoms with Crippen molar-refractivity contribution in [2.24, 2.45) is 5.73 Å². The van der Waals surface area contributed by atoms with E-state index in [1.807, 2.05) is 24.3 Å². The summed E-state index contributed by atoms with van der Waals surface area (Å²) in [5.41, 5.74) is 6.59. The Morgan fingerprint density at radius 2 is 1.85 bits per heavy atom. The van der Waals surface area contributed by atoms with Crippen molar-refractivity contribution in [1.29, 1.82) is 0 Å². The molecule has 1 rings (SSSR count). The van der Waals surface area contributed by atoms with Crippen molar-refractivity contribution in [2.45, 2.75) is 13.3 Å². The summed E-state index contributed by atoms with van der Waals surface area (Å²) in [6.07, 6.45) is 0.911. The molecule has 0 aliphatic rings. The smallest absolute Gasteiger partial charge is 0.119 e. The second kappa shape index (κ2) is 6.92. The molecule has 0 radical (unpaired) electrons. The fourth-order valence-electron chi connectivity index (χ4n) is 0.908. The zero-order chi connectivity index (χ0) is 8.81. The van der Waals surface area contributed by atoms with Crippen LogP contribution in [0, 0.1) is 6.92 Å². The van der Waals surface area contributed by atoms with Gasteiger partial charge in [-0.2, -0.15) is 0 Å². The van der Waals surface area contributed by atoms with Crippen LogP contribution in [0.1, 0.15) is 12.0 Å². The van der Waals surface area contributed by atoms with Gasteiger partial charge in [0.05, 0.1) is 6.61 Å². The van der Waals surface area contributed by atoms with Crippen molar-refractivity contribution >= 4 is 17.0 Å². The van der Waals surface area contributed by atoms with Crippen LogP contribution in [0.15, 0.2) is 24.3 Å². The van der Waals surface area contributed by atoms with E-state index >= 15 is 0 Å². The molecule has 0 heterocycles. The molecule has 0 aliphatic heterocycles. The van der Waals surface area contributed by atoms with E-state index in [1.165, 1.54) is 5.56 Å². The third-order valence-corrected chi connectivity index (χ3v) is 1.64. The largest absolute Gasteiger partial charge is 0.494 e. The molecule has 3 heteroatoms.